The fraction of sp³-hybridized carbons (Fsp3) is 0.296. The van der Waals surface area contributed by atoms with Crippen LogP contribution < -0.4 is 4.74 Å². The summed E-state index contributed by atoms with van der Waals surface area (Å²) >= 11 is 0. The molecule has 3 aromatic carbocycles. The van der Waals surface area contributed by atoms with Gasteiger partial charge in [0.1, 0.15) is 17.3 Å². The van der Waals surface area contributed by atoms with E-state index in [1.807, 2.05) is 24.3 Å². The van der Waals surface area contributed by atoms with Gasteiger partial charge in [-0.25, -0.2) is 9.18 Å². The number of aromatic carboxylic acids is 1. The third kappa shape index (κ3) is 4.83. The second-order valence-electron chi connectivity index (χ2n) is 8.89. The second-order valence-corrected chi connectivity index (χ2v) is 8.89. The van der Waals surface area contributed by atoms with Crippen LogP contribution in [0.2, 0.25) is 0 Å². The lowest BCUT2D eigenvalue weighted by atomic mass is 9.68. The number of piperidine rings is 1. The van der Waals surface area contributed by atoms with Crippen molar-refractivity contribution in [3.05, 3.63) is 95.3 Å². The number of rotatable bonds is 6. The van der Waals surface area contributed by atoms with Gasteiger partial charge in [-0.15, -0.1) is 0 Å². The molecule has 5 heteroatoms. The normalized spacial score (nSPS) is 21.3. The molecule has 0 aromatic heterocycles. The van der Waals surface area contributed by atoms with E-state index < -0.39 is 5.97 Å². The van der Waals surface area contributed by atoms with Gasteiger partial charge in [0, 0.05) is 13.1 Å². The number of nitrogens with zero attached hydrogens (tertiary/aromatic N) is 1. The first-order chi connectivity index (χ1) is 15.3. The number of hydrogen-bond donors (Lipinski definition) is 1. The average Bonchev–Trinajstić information content (AvgIpc) is 2.79. The summed E-state index contributed by atoms with van der Waals surface area (Å²) in [5, 5.41) is 9.34. The van der Waals surface area contributed by atoms with Crippen LogP contribution >= 0.6 is 0 Å². The molecule has 1 aliphatic heterocycles. The summed E-state index contributed by atoms with van der Waals surface area (Å²) in [6.45, 7) is 7.25. The fourth-order valence-electron chi connectivity index (χ4n) is 4.46. The van der Waals surface area contributed by atoms with E-state index in [9.17, 15) is 14.3 Å². The lowest BCUT2D eigenvalue weighted by molar-refractivity contribution is 0.0696. The molecule has 0 aliphatic carbocycles. The molecule has 3 aromatic rings. The highest BCUT2D eigenvalue weighted by molar-refractivity contribution is 5.87. The first kappa shape index (κ1) is 22.0. The maximum atomic E-state index is 13.0. The van der Waals surface area contributed by atoms with E-state index in [-0.39, 0.29) is 11.2 Å². The highest BCUT2D eigenvalue weighted by atomic mass is 19.1. The summed E-state index contributed by atoms with van der Waals surface area (Å²) in [5.41, 5.74) is 2.61. The molecular formula is C27H28FNO3. The number of halogens is 1. The van der Waals surface area contributed by atoms with Crippen molar-refractivity contribution < 1.29 is 19.0 Å². The minimum absolute atomic E-state index is 0.0468. The minimum atomic E-state index is -0.882. The Kier molecular flexibility index (Phi) is 6.28. The number of ether oxygens (including phenoxy) is 1. The van der Waals surface area contributed by atoms with Gasteiger partial charge in [0.2, 0.25) is 0 Å². The summed E-state index contributed by atoms with van der Waals surface area (Å²) in [4.78, 5) is 13.8. The topological polar surface area (TPSA) is 49.8 Å². The number of carboxylic acids is 1. The molecule has 2 unspecified atom stereocenters. The molecule has 0 amide bonds. The monoisotopic (exact) mass is 433 g/mol. The maximum Gasteiger partial charge on any atom is 0.335 e. The van der Waals surface area contributed by atoms with Crippen molar-refractivity contribution in [1.29, 1.82) is 0 Å². The molecule has 1 heterocycles. The third-order valence-electron chi connectivity index (χ3n) is 6.71. The van der Waals surface area contributed by atoms with Crippen LogP contribution in [0.5, 0.6) is 11.5 Å². The van der Waals surface area contributed by atoms with Crippen LogP contribution in [0.25, 0.3) is 0 Å². The first-order valence-corrected chi connectivity index (χ1v) is 10.9. The predicted octanol–water partition coefficient (Wildman–Crippen LogP) is 6.12. The highest BCUT2D eigenvalue weighted by Gasteiger charge is 2.38. The van der Waals surface area contributed by atoms with Gasteiger partial charge >= 0.3 is 5.97 Å². The Morgan fingerprint density at radius 2 is 1.75 bits per heavy atom. The molecule has 1 N–H and O–H groups in total. The van der Waals surface area contributed by atoms with Gasteiger partial charge in [-0.3, -0.25) is 4.90 Å². The minimum Gasteiger partial charge on any atom is -0.478 e. The molecule has 1 aliphatic rings. The number of hydrogen-bond acceptors (Lipinski definition) is 3. The quantitative estimate of drug-likeness (QED) is 0.509. The van der Waals surface area contributed by atoms with Crippen LogP contribution in [-0.2, 0) is 12.0 Å². The van der Waals surface area contributed by atoms with Crippen LogP contribution in [0.15, 0.2) is 72.8 Å². The van der Waals surface area contributed by atoms with Gasteiger partial charge in [0.15, 0.2) is 0 Å². The zero-order chi connectivity index (χ0) is 22.7. The molecule has 1 saturated heterocycles. The van der Waals surface area contributed by atoms with Gasteiger partial charge in [-0.1, -0.05) is 38.1 Å². The van der Waals surface area contributed by atoms with E-state index >= 15 is 0 Å². The van der Waals surface area contributed by atoms with Gasteiger partial charge < -0.3 is 9.84 Å². The zero-order valence-corrected chi connectivity index (χ0v) is 18.4. The Morgan fingerprint density at radius 3 is 2.38 bits per heavy atom. The summed E-state index contributed by atoms with van der Waals surface area (Å²) in [6, 6.07) is 21.4. The van der Waals surface area contributed by atoms with Gasteiger partial charge in [-0.05, 0) is 84.0 Å². The lowest BCUT2D eigenvalue weighted by Gasteiger charge is -2.45. The van der Waals surface area contributed by atoms with Crippen LogP contribution in [0, 0.1) is 11.7 Å². The average molecular weight is 434 g/mol. The number of carbonyl (C=O) groups is 1. The van der Waals surface area contributed by atoms with E-state index in [1.54, 1.807) is 18.2 Å². The molecule has 0 bridgehead atoms. The molecule has 0 saturated carbocycles. The zero-order valence-electron chi connectivity index (χ0n) is 18.4. The van der Waals surface area contributed by atoms with Crippen LogP contribution in [-0.4, -0.2) is 29.1 Å². The molecule has 166 valence electrons. The van der Waals surface area contributed by atoms with Crippen molar-refractivity contribution in [3.63, 3.8) is 0 Å². The maximum absolute atomic E-state index is 13.0. The molecule has 2 atom stereocenters. The van der Waals surface area contributed by atoms with Crippen molar-refractivity contribution >= 4 is 5.97 Å². The van der Waals surface area contributed by atoms with E-state index in [0.717, 1.165) is 37.4 Å². The fourth-order valence-corrected chi connectivity index (χ4v) is 4.46. The largest absolute Gasteiger partial charge is 0.478 e. The number of carboxylic acid groups (broad SMARTS) is 1. The molecule has 32 heavy (non-hydrogen) atoms. The van der Waals surface area contributed by atoms with Crippen LogP contribution in [0.1, 0.15) is 41.8 Å². The molecule has 4 rings (SSSR count). The summed E-state index contributed by atoms with van der Waals surface area (Å²) in [7, 11) is 0. The van der Waals surface area contributed by atoms with E-state index in [0.29, 0.717) is 17.2 Å². The number of likely N-dealkylation sites (tertiary alicyclic amines) is 1. The van der Waals surface area contributed by atoms with Gasteiger partial charge in [0.25, 0.3) is 0 Å². The Hall–Kier alpha value is -3.18. The molecule has 0 spiro atoms. The van der Waals surface area contributed by atoms with Crippen LogP contribution in [0.4, 0.5) is 4.39 Å². The van der Waals surface area contributed by atoms with Crippen LogP contribution in [0.3, 0.4) is 0 Å². The van der Waals surface area contributed by atoms with E-state index in [2.05, 4.69) is 36.9 Å². The van der Waals surface area contributed by atoms with E-state index in [1.165, 1.54) is 17.7 Å². The van der Waals surface area contributed by atoms with E-state index in [4.69, 9.17) is 4.74 Å². The standard InChI is InChI=1S/C27H28FNO3/c1-19-17-29(15-14-27(19,2)22-5-3-4-21(16-22)26(30)31)18-20-6-10-24(11-7-20)32-25-12-8-23(28)9-13-25/h3-13,16,19H,14-15,17-18H2,1-2H3,(H,30,31). The van der Waals surface area contributed by atoms with Crippen molar-refractivity contribution in [2.24, 2.45) is 5.92 Å². The number of benzene rings is 3. The third-order valence-corrected chi connectivity index (χ3v) is 6.71. The van der Waals surface area contributed by atoms with Gasteiger partial charge in [0.05, 0.1) is 5.56 Å². The molecule has 1 fully saturated rings. The second kappa shape index (κ2) is 9.13. The smallest absolute Gasteiger partial charge is 0.335 e. The summed E-state index contributed by atoms with van der Waals surface area (Å²) in [5.74, 6) is 0.552. The summed E-state index contributed by atoms with van der Waals surface area (Å²) in [6.07, 6.45) is 0.975. The Balaban J connectivity index is 1.38. The predicted molar refractivity (Wildman–Crippen MR) is 123 cm³/mol. The summed E-state index contributed by atoms with van der Waals surface area (Å²) < 4.78 is 18.8. The highest BCUT2D eigenvalue weighted by Crippen LogP contribution is 2.40. The Bertz CT molecular complexity index is 1080. The molecular weight excluding hydrogens is 405 g/mol. The van der Waals surface area contributed by atoms with Gasteiger partial charge in [-0.2, -0.15) is 0 Å². The SMILES string of the molecule is CC1CN(Cc2ccc(Oc3ccc(F)cc3)cc2)CCC1(C)c1cccc(C(=O)O)c1. The van der Waals surface area contributed by atoms with Crippen molar-refractivity contribution in [1.82, 2.24) is 4.90 Å². The lowest BCUT2D eigenvalue weighted by Crippen LogP contribution is -2.47. The molecule has 0 radical (unpaired) electrons. The Labute approximate surface area is 188 Å². The van der Waals surface area contributed by atoms with Crippen molar-refractivity contribution in [3.8, 4) is 11.5 Å². The Morgan fingerprint density at radius 1 is 1.09 bits per heavy atom. The van der Waals surface area contributed by atoms with Crippen molar-refractivity contribution in [2.75, 3.05) is 13.1 Å². The van der Waals surface area contributed by atoms with Crippen molar-refractivity contribution in [2.45, 2.75) is 32.2 Å². The molecule has 4 nitrogen and oxygen atoms in total. The first-order valence-electron chi connectivity index (χ1n) is 10.9.